The van der Waals surface area contributed by atoms with E-state index < -0.39 is 5.97 Å². The van der Waals surface area contributed by atoms with Gasteiger partial charge in [0, 0.05) is 51.7 Å². The van der Waals surface area contributed by atoms with Crippen molar-refractivity contribution in [1.29, 1.82) is 0 Å². The van der Waals surface area contributed by atoms with Crippen molar-refractivity contribution in [3.05, 3.63) is 165 Å². The lowest BCUT2D eigenvalue weighted by molar-refractivity contribution is -0.442. The van der Waals surface area contributed by atoms with E-state index in [2.05, 4.69) is 162 Å². The second kappa shape index (κ2) is 20.2. The van der Waals surface area contributed by atoms with E-state index in [0.29, 0.717) is 24.3 Å². The molecule has 1 aliphatic carbocycles. The molecule has 0 aromatic heterocycles. The van der Waals surface area contributed by atoms with Crippen LogP contribution < -0.4 is 4.90 Å². The Morgan fingerprint density at radius 1 is 0.765 bits per heavy atom. The standard InChI is InChI=1S/C61H70ClN2O4/c1-10-11-12-17-35-67-36-33-63-51-29-25-42-19-13-15-23-49(42)55(51)60(6,7)53(63)31-27-44-21-18-22-45(57(44)62)28-32-54-61(8,9)56-50-24-16-14-20-43(50)26-30-52(56)64(54)34-37-68-58(66)47-38-46(41(2)65)39-48(40-47)59(3,4)5/h13-16,19-20,23-32,38-40H,10-12,17-18,21-22,33-37H2,1-9H3/q+1. The Labute approximate surface area is 410 Å². The number of ketones is 1. The highest BCUT2D eigenvalue weighted by Crippen LogP contribution is 2.51. The van der Waals surface area contributed by atoms with Gasteiger partial charge in [-0.3, -0.25) is 4.79 Å². The molecule has 0 fully saturated rings. The highest BCUT2D eigenvalue weighted by atomic mass is 35.5. The predicted molar refractivity (Wildman–Crippen MR) is 284 cm³/mol. The van der Waals surface area contributed by atoms with Crippen LogP contribution in [0.2, 0.25) is 0 Å². The fraction of sp³-hybridized carbons (Fsp3) is 0.393. The van der Waals surface area contributed by atoms with Crippen LogP contribution in [0.1, 0.15) is 145 Å². The van der Waals surface area contributed by atoms with Gasteiger partial charge in [-0.1, -0.05) is 139 Å². The van der Waals surface area contributed by atoms with Crippen molar-refractivity contribution < 1.29 is 23.6 Å². The number of unbranched alkanes of at least 4 members (excludes halogenated alkanes) is 3. The van der Waals surface area contributed by atoms with Gasteiger partial charge in [0.2, 0.25) is 5.69 Å². The molecule has 2 heterocycles. The summed E-state index contributed by atoms with van der Waals surface area (Å²) in [5.41, 5.74) is 10.6. The lowest BCUT2D eigenvalue weighted by Gasteiger charge is -2.27. The van der Waals surface area contributed by atoms with Crippen LogP contribution >= 0.6 is 11.6 Å². The summed E-state index contributed by atoms with van der Waals surface area (Å²) in [6.07, 6.45) is 16.6. The van der Waals surface area contributed by atoms with Crippen molar-refractivity contribution in [2.45, 2.75) is 124 Å². The van der Waals surface area contributed by atoms with Gasteiger partial charge in [-0.25, -0.2) is 4.79 Å². The maximum absolute atomic E-state index is 13.7. The van der Waals surface area contributed by atoms with Crippen molar-refractivity contribution in [3.8, 4) is 0 Å². The molecule has 0 unspecified atom stereocenters. The monoisotopic (exact) mass is 930 g/mol. The lowest BCUT2D eigenvalue weighted by atomic mass is 9.78. The smallest absolute Gasteiger partial charge is 0.338 e. The molecule has 2 aliphatic heterocycles. The Morgan fingerprint density at radius 2 is 1.46 bits per heavy atom. The van der Waals surface area contributed by atoms with E-state index >= 15 is 0 Å². The normalized spacial score (nSPS) is 17.9. The average molecular weight is 931 g/mol. The second-order valence-corrected chi connectivity index (χ2v) is 21.4. The van der Waals surface area contributed by atoms with Crippen molar-refractivity contribution in [2.24, 2.45) is 0 Å². The van der Waals surface area contributed by atoms with Crippen LogP contribution in [0.4, 0.5) is 11.4 Å². The molecule has 0 N–H and O–H groups in total. The van der Waals surface area contributed by atoms with Gasteiger partial charge >= 0.3 is 5.97 Å². The number of hydrogen-bond acceptors (Lipinski definition) is 5. The molecule has 6 nitrogen and oxygen atoms in total. The average Bonchev–Trinajstić information content (AvgIpc) is 3.67. The number of allylic oxidation sites excluding steroid dienone is 8. The van der Waals surface area contributed by atoms with Crippen molar-refractivity contribution >= 4 is 62.0 Å². The first-order valence-corrected chi connectivity index (χ1v) is 25.3. The van der Waals surface area contributed by atoms with E-state index in [9.17, 15) is 9.59 Å². The Bertz CT molecular complexity index is 2920. The Kier molecular flexibility index (Phi) is 14.5. The SMILES string of the molecule is CCCCCCOCC[N+]1=C(C=CC2=C(Cl)C(=CC=C3N(CCOC(=O)c4cc(C(C)=O)cc(C(C)(C)C)c4)c4ccc5ccccc5c4C3(C)C)CCC2)C(C)(C)c2c1ccc1ccccc21. The summed E-state index contributed by atoms with van der Waals surface area (Å²) >= 11 is 7.47. The fourth-order valence-electron chi connectivity index (χ4n) is 10.7. The molecule has 0 saturated heterocycles. The number of hydrogen-bond donors (Lipinski definition) is 0. The summed E-state index contributed by atoms with van der Waals surface area (Å²) in [6, 6.07) is 31.6. The quantitative estimate of drug-likeness (QED) is 0.0427. The first-order valence-electron chi connectivity index (χ1n) is 24.9. The highest BCUT2D eigenvalue weighted by Gasteiger charge is 2.46. The molecule has 0 bridgehead atoms. The molecule has 0 spiro atoms. The molecular weight excluding hydrogens is 860 g/mol. The van der Waals surface area contributed by atoms with Crippen LogP contribution in [-0.4, -0.2) is 54.9 Å². The molecule has 5 aromatic carbocycles. The third-order valence-electron chi connectivity index (χ3n) is 14.4. The summed E-state index contributed by atoms with van der Waals surface area (Å²) in [4.78, 5) is 28.5. The van der Waals surface area contributed by atoms with E-state index in [1.807, 2.05) is 12.1 Å². The third kappa shape index (κ3) is 9.82. The molecule has 354 valence electrons. The van der Waals surface area contributed by atoms with Gasteiger partial charge in [-0.05, 0) is 132 Å². The number of Topliss-reactive ketones (excluding diaryl/α,β-unsaturated/α-hetero) is 1. The van der Waals surface area contributed by atoms with E-state index in [1.165, 1.54) is 70.3 Å². The van der Waals surface area contributed by atoms with E-state index in [1.54, 1.807) is 6.07 Å². The van der Waals surface area contributed by atoms with Crippen LogP contribution in [0, 0.1) is 0 Å². The van der Waals surface area contributed by atoms with Gasteiger partial charge in [0.25, 0.3) is 0 Å². The molecular formula is C61H70ClN2O4+. The number of halogens is 1. The number of carbonyl (C=O) groups excluding carboxylic acids is 2. The first-order chi connectivity index (χ1) is 32.5. The second-order valence-electron chi connectivity index (χ2n) is 21.0. The molecule has 0 radical (unpaired) electrons. The fourth-order valence-corrected chi connectivity index (χ4v) is 11.0. The predicted octanol–water partition coefficient (Wildman–Crippen LogP) is 15.2. The summed E-state index contributed by atoms with van der Waals surface area (Å²) in [5, 5.41) is 5.76. The van der Waals surface area contributed by atoms with Gasteiger partial charge in [0.05, 0.1) is 17.5 Å². The zero-order valence-electron chi connectivity index (χ0n) is 41.9. The summed E-state index contributed by atoms with van der Waals surface area (Å²) < 4.78 is 14.7. The number of fused-ring (bicyclic) bond motifs is 6. The Morgan fingerprint density at radius 3 is 2.16 bits per heavy atom. The zero-order valence-corrected chi connectivity index (χ0v) is 42.6. The maximum Gasteiger partial charge on any atom is 0.338 e. The molecule has 7 heteroatoms. The Balaban J connectivity index is 1.10. The summed E-state index contributed by atoms with van der Waals surface area (Å²) in [7, 11) is 0. The largest absolute Gasteiger partial charge is 0.460 e. The maximum atomic E-state index is 13.7. The van der Waals surface area contributed by atoms with Gasteiger partial charge in [0.15, 0.2) is 18.0 Å². The topological polar surface area (TPSA) is 58.9 Å². The molecule has 0 amide bonds. The number of nitrogens with zero attached hydrogens (tertiary/aromatic N) is 2. The van der Waals surface area contributed by atoms with Crippen LogP contribution in [-0.2, 0) is 25.7 Å². The third-order valence-corrected chi connectivity index (χ3v) is 14.9. The number of benzene rings is 5. The van der Waals surface area contributed by atoms with Crippen LogP contribution in [0.5, 0.6) is 0 Å². The van der Waals surface area contributed by atoms with Crippen molar-refractivity contribution in [2.75, 3.05) is 37.8 Å². The Hall–Kier alpha value is -5.56. The molecule has 68 heavy (non-hydrogen) atoms. The number of rotatable bonds is 16. The summed E-state index contributed by atoms with van der Waals surface area (Å²) in [5.74, 6) is -0.519. The number of ether oxygens (including phenoxy) is 2. The molecule has 0 atom stereocenters. The van der Waals surface area contributed by atoms with Crippen LogP contribution in [0.15, 0.2) is 137 Å². The first kappa shape index (κ1) is 48.9. The van der Waals surface area contributed by atoms with Crippen LogP contribution in [0.3, 0.4) is 0 Å². The van der Waals surface area contributed by atoms with E-state index in [0.717, 1.165) is 72.0 Å². The van der Waals surface area contributed by atoms with Gasteiger partial charge < -0.3 is 14.4 Å². The van der Waals surface area contributed by atoms with Crippen molar-refractivity contribution in [1.82, 2.24) is 0 Å². The number of anilines is 1. The minimum atomic E-state index is -0.436. The number of esters is 1. The zero-order chi connectivity index (χ0) is 48.4. The summed E-state index contributed by atoms with van der Waals surface area (Å²) in [6.45, 7) is 22.1. The molecule has 8 rings (SSSR count). The van der Waals surface area contributed by atoms with Gasteiger partial charge in [-0.2, -0.15) is 4.58 Å². The van der Waals surface area contributed by atoms with Crippen LogP contribution in [0.25, 0.3) is 21.5 Å². The lowest BCUT2D eigenvalue weighted by Crippen LogP contribution is -2.29. The van der Waals surface area contributed by atoms with E-state index in [4.69, 9.17) is 21.1 Å². The van der Waals surface area contributed by atoms with Gasteiger partial charge in [-0.15, -0.1) is 0 Å². The minimum absolute atomic E-state index is 0.0824. The van der Waals surface area contributed by atoms with E-state index in [-0.39, 0.29) is 28.6 Å². The molecule has 5 aromatic rings. The number of carbonyl (C=O) groups is 2. The highest BCUT2D eigenvalue weighted by molar-refractivity contribution is 6.32. The molecule has 0 saturated carbocycles. The minimum Gasteiger partial charge on any atom is -0.460 e. The molecule has 3 aliphatic rings. The van der Waals surface area contributed by atoms with Crippen molar-refractivity contribution in [3.63, 3.8) is 0 Å². The van der Waals surface area contributed by atoms with Gasteiger partial charge in [0.1, 0.15) is 13.2 Å².